The number of hydrogen-bond acceptors (Lipinski definition) is 3. The van der Waals surface area contributed by atoms with Crippen molar-refractivity contribution in [1.29, 1.82) is 0 Å². The number of hydrogen-bond donors (Lipinski definition) is 2. The number of unbranched alkanes of at least 4 members (excludes halogenated alkanes) is 5. The molecule has 5 heteroatoms. The Labute approximate surface area is 133 Å². The molecule has 0 aromatic carbocycles. The molecule has 4 nitrogen and oxygen atoms in total. The largest absolute Gasteiger partial charge is 0.370 e. The summed E-state index contributed by atoms with van der Waals surface area (Å²) in [6, 6.07) is 0. The molecule has 0 atom stereocenters. The van der Waals surface area contributed by atoms with Gasteiger partial charge in [-0.15, -0.1) is 11.3 Å². The van der Waals surface area contributed by atoms with Crippen LogP contribution in [0.1, 0.15) is 75.9 Å². The van der Waals surface area contributed by atoms with Crippen LogP contribution >= 0.6 is 11.3 Å². The van der Waals surface area contributed by atoms with E-state index in [0.29, 0.717) is 18.4 Å². The summed E-state index contributed by atoms with van der Waals surface area (Å²) in [5.74, 6) is 1.01. The quantitative estimate of drug-likeness (QED) is 0.389. The molecular weight excluding hydrogens is 280 g/mol. The Kier molecular flexibility index (Phi) is 9.06. The predicted molar refractivity (Wildman–Crippen MR) is 92.9 cm³/mol. The van der Waals surface area contributed by atoms with Crippen molar-refractivity contribution >= 4 is 17.3 Å². The predicted octanol–water partition coefficient (Wildman–Crippen LogP) is 4.03. The second-order valence-corrected chi connectivity index (χ2v) is 6.66. The van der Waals surface area contributed by atoms with Crippen LogP contribution < -0.4 is 11.1 Å². The summed E-state index contributed by atoms with van der Waals surface area (Å²) in [6.45, 7) is 8.03. The first-order chi connectivity index (χ1) is 10.1. The molecule has 0 saturated heterocycles. The third-order valence-electron chi connectivity index (χ3n) is 3.38. The second-order valence-electron chi connectivity index (χ2n) is 5.72. The van der Waals surface area contributed by atoms with Gasteiger partial charge in [0.1, 0.15) is 5.01 Å². The molecule has 0 aliphatic rings. The van der Waals surface area contributed by atoms with Crippen molar-refractivity contribution in [2.45, 2.75) is 71.8 Å². The van der Waals surface area contributed by atoms with Crippen molar-refractivity contribution in [1.82, 2.24) is 10.3 Å². The molecule has 0 spiro atoms. The maximum absolute atomic E-state index is 5.87. The van der Waals surface area contributed by atoms with E-state index in [2.05, 4.69) is 41.4 Å². The van der Waals surface area contributed by atoms with E-state index >= 15 is 0 Å². The maximum atomic E-state index is 5.87. The van der Waals surface area contributed by atoms with Crippen LogP contribution in [-0.4, -0.2) is 17.5 Å². The minimum Gasteiger partial charge on any atom is -0.370 e. The molecule has 1 aromatic heterocycles. The van der Waals surface area contributed by atoms with Gasteiger partial charge in [0.15, 0.2) is 5.96 Å². The average Bonchev–Trinajstić information content (AvgIpc) is 2.93. The van der Waals surface area contributed by atoms with E-state index < -0.39 is 0 Å². The zero-order valence-electron chi connectivity index (χ0n) is 13.7. The van der Waals surface area contributed by atoms with Crippen molar-refractivity contribution in [3.8, 4) is 0 Å². The minimum atomic E-state index is 0.474. The summed E-state index contributed by atoms with van der Waals surface area (Å²) in [4.78, 5) is 8.89. The Morgan fingerprint density at radius 3 is 2.67 bits per heavy atom. The van der Waals surface area contributed by atoms with Gasteiger partial charge in [-0.1, -0.05) is 52.9 Å². The fourth-order valence-corrected chi connectivity index (χ4v) is 2.87. The van der Waals surface area contributed by atoms with Gasteiger partial charge in [-0.3, -0.25) is 0 Å². The van der Waals surface area contributed by atoms with E-state index in [1.807, 2.05) is 0 Å². The molecule has 21 heavy (non-hydrogen) atoms. The Bertz CT molecular complexity index is 412. The van der Waals surface area contributed by atoms with Crippen molar-refractivity contribution < 1.29 is 0 Å². The van der Waals surface area contributed by atoms with Crippen LogP contribution in [0.4, 0.5) is 0 Å². The van der Waals surface area contributed by atoms with Crippen LogP contribution in [0.2, 0.25) is 0 Å². The van der Waals surface area contributed by atoms with Crippen LogP contribution in [0.15, 0.2) is 10.4 Å². The first-order valence-corrected chi connectivity index (χ1v) is 8.99. The summed E-state index contributed by atoms with van der Waals surface area (Å²) in [7, 11) is 0. The molecule has 0 aliphatic heterocycles. The van der Waals surface area contributed by atoms with Crippen molar-refractivity contribution in [2.24, 2.45) is 10.7 Å². The van der Waals surface area contributed by atoms with Gasteiger partial charge in [0.2, 0.25) is 0 Å². The van der Waals surface area contributed by atoms with Gasteiger partial charge in [0.25, 0.3) is 0 Å². The summed E-state index contributed by atoms with van der Waals surface area (Å²) >= 11 is 1.66. The zero-order chi connectivity index (χ0) is 15.5. The second kappa shape index (κ2) is 10.6. The summed E-state index contributed by atoms with van der Waals surface area (Å²) in [5.41, 5.74) is 7.01. The first-order valence-electron chi connectivity index (χ1n) is 8.11. The topological polar surface area (TPSA) is 63.3 Å². The highest BCUT2D eigenvalue weighted by atomic mass is 32.1. The van der Waals surface area contributed by atoms with Crippen molar-refractivity contribution in [3.63, 3.8) is 0 Å². The average molecular weight is 311 g/mol. The highest BCUT2D eigenvalue weighted by Gasteiger charge is 2.04. The molecular formula is C16H30N4S. The molecule has 0 fully saturated rings. The van der Waals surface area contributed by atoms with Gasteiger partial charge in [-0.2, -0.15) is 0 Å². The van der Waals surface area contributed by atoms with Crippen LogP contribution in [0, 0.1) is 0 Å². The van der Waals surface area contributed by atoms with E-state index in [-0.39, 0.29) is 0 Å². The van der Waals surface area contributed by atoms with Crippen molar-refractivity contribution in [2.75, 3.05) is 6.54 Å². The molecule has 0 saturated carbocycles. The molecule has 1 aromatic rings. The number of nitrogens with one attached hydrogen (secondary N) is 1. The Balaban J connectivity index is 2.14. The van der Waals surface area contributed by atoms with Gasteiger partial charge in [-0.25, -0.2) is 9.98 Å². The highest BCUT2D eigenvalue weighted by Crippen LogP contribution is 2.18. The first kappa shape index (κ1) is 18.0. The lowest BCUT2D eigenvalue weighted by atomic mass is 10.1. The van der Waals surface area contributed by atoms with Gasteiger partial charge in [0, 0.05) is 11.9 Å². The highest BCUT2D eigenvalue weighted by molar-refractivity contribution is 7.09. The van der Waals surface area contributed by atoms with E-state index in [9.17, 15) is 0 Å². The van der Waals surface area contributed by atoms with Gasteiger partial charge < -0.3 is 11.1 Å². The Morgan fingerprint density at radius 2 is 2.00 bits per heavy atom. The molecule has 120 valence electrons. The number of aliphatic imine (C=N–C) groups is 1. The minimum absolute atomic E-state index is 0.474. The fraction of sp³-hybridized carbons (Fsp3) is 0.750. The summed E-state index contributed by atoms with van der Waals surface area (Å²) in [6.07, 6.45) is 7.75. The van der Waals surface area contributed by atoms with Crippen molar-refractivity contribution in [3.05, 3.63) is 16.1 Å². The third-order valence-corrected chi connectivity index (χ3v) is 4.23. The number of rotatable bonds is 10. The van der Waals surface area contributed by atoms with E-state index in [0.717, 1.165) is 23.7 Å². The smallest absolute Gasteiger partial charge is 0.189 e. The number of thiazole rings is 1. The molecule has 0 aliphatic carbocycles. The fourth-order valence-electron chi connectivity index (χ4n) is 1.99. The standard InChI is InChI=1S/C16H30N4S/c1-4-5-6-7-8-9-10-18-16(17)19-11-15-20-14(12-21-15)13(2)3/h12-13H,4-11H2,1-3H3,(H3,17,18,19). The number of guanidine groups is 1. The lowest BCUT2D eigenvalue weighted by Gasteiger charge is -2.05. The van der Waals surface area contributed by atoms with E-state index in [1.165, 1.54) is 32.1 Å². The summed E-state index contributed by atoms with van der Waals surface area (Å²) < 4.78 is 0. The number of nitrogens with zero attached hydrogens (tertiary/aromatic N) is 2. The van der Waals surface area contributed by atoms with E-state index in [4.69, 9.17) is 5.73 Å². The lowest BCUT2D eigenvalue weighted by Crippen LogP contribution is -2.32. The summed E-state index contributed by atoms with van der Waals surface area (Å²) in [5, 5.41) is 6.32. The number of nitrogens with two attached hydrogens (primary N) is 1. The molecule has 0 bridgehead atoms. The molecule has 0 radical (unpaired) electrons. The molecule has 0 unspecified atom stereocenters. The Morgan fingerprint density at radius 1 is 1.29 bits per heavy atom. The maximum Gasteiger partial charge on any atom is 0.189 e. The van der Waals surface area contributed by atoms with Gasteiger partial charge in [-0.05, 0) is 12.3 Å². The van der Waals surface area contributed by atoms with Crippen LogP contribution in [-0.2, 0) is 6.54 Å². The molecule has 0 amide bonds. The van der Waals surface area contributed by atoms with Crippen LogP contribution in [0.5, 0.6) is 0 Å². The zero-order valence-corrected chi connectivity index (χ0v) is 14.5. The number of aromatic nitrogens is 1. The monoisotopic (exact) mass is 310 g/mol. The lowest BCUT2D eigenvalue weighted by molar-refractivity contribution is 0.601. The molecule has 1 rings (SSSR count). The van der Waals surface area contributed by atoms with Gasteiger partial charge >= 0.3 is 0 Å². The van der Waals surface area contributed by atoms with Crippen LogP contribution in [0.3, 0.4) is 0 Å². The van der Waals surface area contributed by atoms with Gasteiger partial charge in [0.05, 0.1) is 12.2 Å². The third kappa shape index (κ3) is 8.05. The Hall–Kier alpha value is -1.10. The molecule has 3 N–H and O–H groups in total. The normalized spacial score (nSPS) is 12.1. The molecule has 1 heterocycles. The SMILES string of the molecule is CCCCCCCCNC(N)=NCc1nc(C(C)C)cs1. The van der Waals surface area contributed by atoms with E-state index in [1.54, 1.807) is 11.3 Å². The van der Waals surface area contributed by atoms with Crippen LogP contribution in [0.25, 0.3) is 0 Å².